The first-order chi connectivity index (χ1) is 11.1. The van der Waals surface area contributed by atoms with Crippen molar-refractivity contribution in [1.29, 1.82) is 0 Å². The molecule has 3 aromatic carbocycles. The lowest BCUT2D eigenvalue weighted by Gasteiger charge is -2.20. The van der Waals surface area contributed by atoms with Crippen LogP contribution < -0.4 is 0 Å². The van der Waals surface area contributed by atoms with Gasteiger partial charge >= 0.3 is 0 Å². The zero-order chi connectivity index (χ0) is 16.4. The van der Waals surface area contributed by atoms with Crippen molar-refractivity contribution in [3.8, 4) is 22.3 Å². The van der Waals surface area contributed by atoms with Gasteiger partial charge < -0.3 is 0 Å². The summed E-state index contributed by atoms with van der Waals surface area (Å²) < 4.78 is 0.878. The molecule has 1 nitrogen and oxygen atoms in total. The zero-order valence-electron chi connectivity index (χ0n) is 13.1. The Kier molecular flexibility index (Phi) is 4.44. The minimum atomic E-state index is 0.723. The highest BCUT2D eigenvalue weighted by atomic mass is 79.9. The van der Waals surface area contributed by atoms with Crippen LogP contribution in [0.5, 0.6) is 0 Å². The third-order valence-electron chi connectivity index (χ3n) is 4.21. The molecule has 0 atom stereocenters. The number of rotatable bonds is 3. The van der Waals surface area contributed by atoms with Crippen LogP contribution in [0.1, 0.15) is 21.5 Å². The molecule has 0 unspecified atom stereocenters. The molecule has 0 aliphatic rings. The minimum absolute atomic E-state index is 0.723. The van der Waals surface area contributed by atoms with Gasteiger partial charge in [0.05, 0.1) is 0 Å². The monoisotopic (exact) mass is 364 g/mol. The van der Waals surface area contributed by atoms with Crippen LogP contribution in [-0.2, 0) is 0 Å². The zero-order valence-corrected chi connectivity index (χ0v) is 14.7. The molecule has 114 valence electrons. The molecule has 0 saturated heterocycles. The summed E-state index contributed by atoms with van der Waals surface area (Å²) in [5.41, 5.74) is 7.39. The van der Waals surface area contributed by atoms with Gasteiger partial charge in [-0.25, -0.2) is 0 Å². The predicted octanol–water partition coefficient (Wildman–Crippen LogP) is 6.21. The Hall–Kier alpha value is -2.19. The second-order valence-corrected chi connectivity index (χ2v) is 6.37. The molecular weight excluding hydrogens is 348 g/mol. The summed E-state index contributed by atoms with van der Waals surface area (Å²) in [6.45, 7) is 4.08. The lowest BCUT2D eigenvalue weighted by atomic mass is 9.85. The first-order valence-corrected chi connectivity index (χ1v) is 8.33. The Morgan fingerprint density at radius 3 is 1.61 bits per heavy atom. The van der Waals surface area contributed by atoms with E-state index in [1.165, 1.54) is 5.56 Å². The fraction of sp³-hybridized carbons (Fsp3) is 0.0952. The summed E-state index contributed by atoms with van der Waals surface area (Å²) >= 11 is 3.61. The van der Waals surface area contributed by atoms with Crippen molar-refractivity contribution in [2.24, 2.45) is 0 Å². The number of benzene rings is 3. The summed E-state index contributed by atoms with van der Waals surface area (Å²) in [4.78, 5) is 11.6. The Labute approximate surface area is 145 Å². The molecule has 0 radical (unpaired) electrons. The fourth-order valence-electron chi connectivity index (χ4n) is 3.06. The molecule has 3 rings (SSSR count). The Balaban J connectivity index is 2.45. The van der Waals surface area contributed by atoms with E-state index in [1.54, 1.807) is 0 Å². The second kappa shape index (κ2) is 6.51. The normalized spacial score (nSPS) is 10.6. The summed E-state index contributed by atoms with van der Waals surface area (Å²) in [7, 11) is 0. The van der Waals surface area contributed by atoms with E-state index in [0.29, 0.717) is 0 Å². The van der Waals surface area contributed by atoms with Crippen molar-refractivity contribution in [3.05, 3.63) is 81.8 Å². The van der Waals surface area contributed by atoms with Crippen LogP contribution in [0.25, 0.3) is 22.3 Å². The van der Waals surface area contributed by atoms with Crippen LogP contribution in [0, 0.1) is 13.8 Å². The van der Waals surface area contributed by atoms with Crippen molar-refractivity contribution >= 4 is 22.2 Å². The van der Waals surface area contributed by atoms with E-state index in [0.717, 1.165) is 44.1 Å². The van der Waals surface area contributed by atoms with Crippen molar-refractivity contribution in [2.45, 2.75) is 13.8 Å². The van der Waals surface area contributed by atoms with E-state index in [9.17, 15) is 4.79 Å². The van der Waals surface area contributed by atoms with Crippen LogP contribution in [0.2, 0.25) is 0 Å². The van der Waals surface area contributed by atoms with Crippen molar-refractivity contribution in [2.75, 3.05) is 0 Å². The molecule has 2 heteroatoms. The van der Waals surface area contributed by atoms with E-state index in [1.807, 2.05) is 43.3 Å². The summed E-state index contributed by atoms with van der Waals surface area (Å²) in [5, 5.41) is 0. The van der Waals surface area contributed by atoms with Crippen molar-refractivity contribution in [3.63, 3.8) is 0 Å². The molecule has 0 bridgehead atoms. The van der Waals surface area contributed by atoms with Gasteiger partial charge in [-0.3, -0.25) is 4.79 Å². The second-order valence-electron chi connectivity index (χ2n) is 5.58. The van der Waals surface area contributed by atoms with Crippen molar-refractivity contribution < 1.29 is 4.79 Å². The largest absolute Gasteiger partial charge is 0.298 e. The molecule has 23 heavy (non-hydrogen) atoms. The van der Waals surface area contributed by atoms with Gasteiger partial charge in [-0.05, 0) is 63.2 Å². The van der Waals surface area contributed by atoms with E-state index < -0.39 is 0 Å². The quantitative estimate of drug-likeness (QED) is 0.504. The number of hydrogen-bond acceptors (Lipinski definition) is 1. The maximum atomic E-state index is 11.6. The molecule has 0 aromatic heterocycles. The molecule has 0 N–H and O–H groups in total. The van der Waals surface area contributed by atoms with Crippen LogP contribution in [0.3, 0.4) is 0 Å². The highest BCUT2D eigenvalue weighted by molar-refractivity contribution is 9.10. The van der Waals surface area contributed by atoms with Crippen LogP contribution in [0.4, 0.5) is 0 Å². The van der Waals surface area contributed by atoms with Gasteiger partial charge in [0, 0.05) is 10.0 Å². The number of aldehydes is 1. The molecule has 0 saturated carbocycles. The van der Waals surface area contributed by atoms with E-state index in [2.05, 4.69) is 47.1 Å². The highest BCUT2D eigenvalue weighted by Gasteiger charge is 2.19. The summed E-state index contributed by atoms with van der Waals surface area (Å²) in [5.74, 6) is 0. The maximum Gasteiger partial charge on any atom is 0.151 e. The fourth-order valence-corrected chi connectivity index (χ4v) is 3.65. The standard InChI is InChI=1S/C21H17BrO/c1-14-18(13-23)21(22)15(2)20(17-11-7-4-8-12-17)19(14)16-9-5-3-6-10-16/h3-13H,1-2H3. The first-order valence-electron chi connectivity index (χ1n) is 7.53. The number of carbonyl (C=O) groups is 1. The molecule has 0 spiro atoms. The first kappa shape index (κ1) is 15.7. The lowest BCUT2D eigenvalue weighted by Crippen LogP contribution is -2.00. The molecule has 3 aromatic rings. The molecule has 0 aliphatic carbocycles. The SMILES string of the molecule is Cc1c(Br)c(C=O)c(C)c(-c2ccccc2)c1-c1ccccc1. The van der Waals surface area contributed by atoms with Crippen LogP contribution in [0.15, 0.2) is 65.1 Å². The highest BCUT2D eigenvalue weighted by Crippen LogP contribution is 2.42. The Morgan fingerprint density at radius 1 is 0.739 bits per heavy atom. The van der Waals surface area contributed by atoms with Gasteiger partial charge in [-0.15, -0.1) is 0 Å². The van der Waals surface area contributed by atoms with Gasteiger partial charge in [0.1, 0.15) is 0 Å². The van der Waals surface area contributed by atoms with E-state index in [4.69, 9.17) is 0 Å². The van der Waals surface area contributed by atoms with Gasteiger partial charge in [0.15, 0.2) is 6.29 Å². The predicted molar refractivity (Wildman–Crippen MR) is 99.9 cm³/mol. The third-order valence-corrected chi connectivity index (χ3v) is 5.23. The number of carbonyl (C=O) groups excluding carboxylic acids is 1. The number of halogens is 1. The summed E-state index contributed by atoms with van der Waals surface area (Å²) in [6.07, 6.45) is 0.938. The van der Waals surface area contributed by atoms with Gasteiger partial charge in [-0.1, -0.05) is 60.7 Å². The van der Waals surface area contributed by atoms with Crippen LogP contribution in [-0.4, -0.2) is 6.29 Å². The maximum absolute atomic E-state index is 11.6. The molecule has 0 aliphatic heterocycles. The molecule has 0 fully saturated rings. The van der Waals surface area contributed by atoms with Crippen LogP contribution >= 0.6 is 15.9 Å². The topological polar surface area (TPSA) is 17.1 Å². The minimum Gasteiger partial charge on any atom is -0.298 e. The van der Waals surface area contributed by atoms with Gasteiger partial charge in [-0.2, -0.15) is 0 Å². The van der Waals surface area contributed by atoms with E-state index >= 15 is 0 Å². The number of hydrogen-bond donors (Lipinski definition) is 0. The smallest absolute Gasteiger partial charge is 0.151 e. The van der Waals surface area contributed by atoms with Crippen molar-refractivity contribution in [1.82, 2.24) is 0 Å². The third kappa shape index (κ3) is 2.75. The molecule has 0 amide bonds. The summed E-state index contributed by atoms with van der Waals surface area (Å²) in [6, 6.07) is 20.6. The Bertz CT molecular complexity index is 852. The molecular formula is C21H17BrO. The van der Waals surface area contributed by atoms with Gasteiger partial charge in [0.25, 0.3) is 0 Å². The van der Waals surface area contributed by atoms with E-state index in [-0.39, 0.29) is 0 Å². The lowest BCUT2D eigenvalue weighted by molar-refractivity contribution is 0.112. The average Bonchev–Trinajstić information content (AvgIpc) is 2.60. The average molecular weight is 365 g/mol. The van der Waals surface area contributed by atoms with Gasteiger partial charge in [0.2, 0.25) is 0 Å². The Morgan fingerprint density at radius 2 is 1.17 bits per heavy atom. The molecule has 0 heterocycles.